The Morgan fingerprint density at radius 3 is 2.55 bits per heavy atom. The molecule has 1 aromatic heterocycles. The number of carbonyl (C=O) groups is 1. The quantitative estimate of drug-likeness (QED) is 0.855. The van der Waals surface area contributed by atoms with Gasteiger partial charge in [-0.3, -0.25) is 4.79 Å². The van der Waals surface area contributed by atoms with Crippen LogP contribution in [0.1, 0.15) is 56.4 Å². The smallest absolute Gasteiger partial charge is 0.267 e. The molecule has 112 valence electrons. The maximum absolute atomic E-state index is 12.2. The highest BCUT2D eigenvalue weighted by Crippen LogP contribution is 2.30. The molecule has 0 aliphatic heterocycles. The lowest BCUT2D eigenvalue weighted by Gasteiger charge is -2.27. The molecule has 1 amide bonds. The van der Waals surface area contributed by atoms with Crippen LogP contribution in [0, 0.1) is 11.8 Å². The van der Waals surface area contributed by atoms with Gasteiger partial charge in [-0.15, -0.1) is 0 Å². The number of hydrogen-bond donors (Lipinski definition) is 1. The molecular formula is C16H25BrN2O. The van der Waals surface area contributed by atoms with Gasteiger partial charge in [-0.05, 0) is 53.6 Å². The van der Waals surface area contributed by atoms with E-state index in [1.54, 1.807) is 0 Å². The third-order valence-corrected chi connectivity index (χ3v) is 4.97. The Bertz CT molecular complexity index is 447. The molecule has 1 heterocycles. The van der Waals surface area contributed by atoms with Crippen molar-refractivity contribution in [3.63, 3.8) is 0 Å². The fourth-order valence-corrected chi connectivity index (χ4v) is 3.56. The lowest BCUT2D eigenvalue weighted by Crippen LogP contribution is -2.32. The largest absolute Gasteiger partial charge is 0.350 e. The normalized spacial score (nSPS) is 22.8. The number of nitrogens with one attached hydrogen (secondary N) is 1. The highest BCUT2D eigenvalue weighted by atomic mass is 79.9. The second-order valence-corrected chi connectivity index (χ2v) is 6.75. The summed E-state index contributed by atoms with van der Waals surface area (Å²) in [6.07, 6.45) is 8.44. The van der Waals surface area contributed by atoms with Crippen LogP contribution in [0.4, 0.5) is 0 Å². The van der Waals surface area contributed by atoms with E-state index in [9.17, 15) is 4.79 Å². The number of amides is 1. The van der Waals surface area contributed by atoms with E-state index >= 15 is 0 Å². The van der Waals surface area contributed by atoms with E-state index in [-0.39, 0.29) is 5.91 Å². The van der Waals surface area contributed by atoms with E-state index in [0.717, 1.165) is 29.2 Å². The van der Waals surface area contributed by atoms with Crippen molar-refractivity contribution in [2.24, 2.45) is 11.8 Å². The van der Waals surface area contributed by atoms with Gasteiger partial charge in [0.2, 0.25) is 0 Å². The molecule has 0 radical (unpaired) electrons. The lowest BCUT2D eigenvalue weighted by atomic mass is 9.81. The second kappa shape index (κ2) is 7.30. The van der Waals surface area contributed by atoms with E-state index < -0.39 is 0 Å². The summed E-state index contributed by atoms with van der Waals surface area (Å²) < 4.78 is 2.95. The summed E-state index contributed by atoms with van der Waals surface area (Å²) >= 11 is 3.43. The van der Waals surface area contributed by atoms with Crippen LogP contribution in [-0.4, -0.2) is 17.0 Å². The number of aryl methyl sites for hydroxylation is 1. The van der Waals surface area contributed by atoms with Crippen LogP contribution in [0.25, 0.3) is 0 Å². The van der Waals surface area contributed by atoms with Gasteiger partial charge in [-0.25, -0.2) is 0 Å². The molecule has 0 spiro atoms. The molecule has 3 nitrogen and oxygen atoms in total. The third kappa shape index (κ3) is 3.87. The average molecular weight is 341 g/mol. The molecule has 1 saturated carbocycles. The van der Waals surface area contributed by atoms with Gasteiger partial charge in [0.25, 0.3) is 5.91 Å². The zero-order valence-corrected chi connectivity index (χ0v) is 14.1. The molecule has 0 unspecified atom stereocenters. The second-order valence-electron chi connectivity index (χ2n) is 5.83. The van der Waals surface area contributed by atoms with Gasteiger partial charge in [0.05, 0.1) is 0 Å². The van der Waals surface area contributed by atoms with Crippen LogP contribution in [0.3, 0.4) is 0 Å². The predicted molar refractivity (Wildman–Crippen MR) is 85.9 cm³/mol. The van der Waals surface area contributed by atoms with Crippen LogP contribution < -0.4 is 5.32 Å². The number of carbonyl (C=O) groups excluding carboxylic acids is 1. The van der Waals surface area contributed by atoms with E-state index in [4.69, 9.17) is 0 Å². The van der Waals surface area contributed by atoms with Crippen molar-refractivity contribution in [1.29, 1.82) is 0 Å². The minimum atomic E-state index is 0.0511. The number of nitrogens with zero attached hydrogens (tertiary/aromatic N) is 1. The zero-order valence-electron chi connectivity index (χ0n) is 12.5. The summed E-state index contributed by atoms with van der Waals surface area (Å²) in [5.74, 6) is 1.63. The Morgan fingerprint density at radius 2 is 1.95 bits per heavy atom. The molecule has 1 aliphatic carbocycles. The summed E-state index contributed by atoms with van der Waals surface area (Å²) in [5.41, 5.74) is 0.751. The van der Waals surface area contributed by atoms with Crippen molar-refractivity contribution in [2.75, 3.05) is 6.54 Å². The Hall–Kier alpha value is -0.770. The number of rotatable bonds is 5. The standard InChI is InChI=1S/C16H25BrN2O/c1-3-12-5-7-13(8-6-12)10-18-16(20)15-9-14(17)11-19(15)4-2/h9,11-13H,3-8,10H2,1-2H3,(H,18,20). The van der Waals surface area contributed by atoms with Crippen molar-refractivity contribution in [1.82, 2.24) is 9.88 Å². The predicted octanol–water partition coefficient (Wildman–Crippen LogP) is 4.22. The molecule has 0 bridgehead atoms. The molecule has 0 saturated heterocycles. The maximum atomic E-state index is 12.2. The van der Waals surface area contributed by atoms with Crippen LogP contribution >= 0.6 is 15.9 Å². The van der Waals surface area contributed by atoms with E-state index in [2.05, 4.69) is 35.1 Å². The highest BCUT2D eigenvalue weighted by Gasteiger charge is 2.21. The van der Waals surface area contributed by atoms with Gasteiger partial charge in [0.15, 0.2) is 0 Å². The molecular weight excluding hydrogens is 316 g/mol. The Kier molecular flexibility index (Phi) is 5.70. The highest BCUT2D eigenvalue weighted by molar-refractivity contribution is 9.10. The molecule has 0 atom stereocenters. The first-order valence-corrected chi connectivity index (χ1v) is 8.57. The first kappa shape index (κ1) is 15.6. The van der Waals surface area contributed by atoms with Crippen LogP contribution in [0.2, 0.25) is 0 Å². The SMILES string of the molecule is CCC1CCC(CNC(=O)c2cc(Br)cn2CC)CC1. The minimum Gasteiger partial charge on any atom is -0.350 e. The van der Waals surface area contributed by atoms with E-state index in [0.29, 0.717) is 5.92 Å². The molecule has 4 heteroatoms. The first-order valence-electron chi connectivity index (χ1n) is 7.77. The van der Waals surface area contributed by atoms with E-state index in [1.165, 1.54) is 32.1 Å². The van der Waals surface area contributed by atoms with Crippen molar-refractivity contribution in [3.05, 3.63) is 22.4 Å². The molecule has 20 heavy (non-hydrogen) atoms. The van der Waals surface area contributed by atoms with Crippen LogP contribution in [0.5, 0.6) is 0 Å². The fraction of sp³-hybridized carbons (Fsp3) is 0.688. The van der Waals surface area contributed by atoms with Gasteiger partial charge in [-0.2, -0.15) is 0 Å². The molecule has 0 aromatic carbocycles. The van der Waals surface area contributed by atoms with Crippen molar-refractivity contribution < 1.29 is 4.79 Å². The van der Waals surface area contributed by atoms with Crippen LogP contribution in [0.15, 0.2) is 16.7 Å². The zero-order chi connectivity index (χ0) is 14.5. The van der Waals surface area contributed by atoms with Crippen molar-refractivity contribution in [3.8, 4) is 0 Å². The van der Waals surface area contributed by atoms with Gasteiger partial charge in [0, 0.05) is 23.8 Å². The molecule has 1 aliphatic rings. The van der Waals surface area contributed by atoms with Crippen LogP contribution in [-0.2, 0) is 6.54 Å². The number of aromatic nitrogens is 1. The average Bonchev–Trinajstić information content (AvgIpc) is 2.86. The number of hydrogen-bond acceptors (Lipinski definition) is 1. The minimum absolute atomic E-state index is 0.0511. The van der Waals surface area contributed by atoms with Crippen molar-refractivity contribution in [2.45, 2.75) is 52.5 Å². The van der Waals surface area contributed by atoms with Crippen molar-refractivity contribution >= 4 is 21.8 Å². The van der Waals surface area contributed by atoms with Gasteiger partial charge >= 0.3 is 0 Å². The summed E-state index contributed by atoms with van der Waals surface area (Å²) in [6, 6.07) is 1.90. The molecule has 1 fully saturated rings. The van der Waals surface area contributed by atoms with Gasteiger partial charge < -0.3 is 9.88 Å². The first-order chi connectivity index (χ1) is 9.63. The monoisotopic (exact) mass is 340 g/mol. The van der Waals surface area contributed by atoms with E-state index in [1.807, 2.05) is 16.8 Å². The maximum Gasteiger partial charge on any atom is 0.267 e. The Balaban J connectivity index is 1.83. The fourth-order valence-electron chi connectivity index (χ4n) is 3.10. The lowest BCUT2D eigenvalue weighted by molar-refractivity contribution is 0.0932. The Morgan fingerprint density at radius 1 is 1.30 bits per heavy atom. The summed E-state index contributed by atoms with van der Waals surface area (Å²) in [5, 5.41) is 3.11. The molecule has 2 rings (SSSR count). The molecule has 1 aromatic rings. The number of halogens is 1. The Labute approximate surface area is 130 Å². The summed E-state index contributed by atoms with van der Waals surface area (Å²) in [6.45, 7) is 5.97. The topological polar surface area (TPSA) is 34.0 Å². The van der Waals surface area contributed by atoms with Gasteiger partial charge in [-0.1, -0.05) is 26.2 Å². The summed E-state index contributed by atoms with van der Waals surface area (Å²) in [4.78, 5) is 12.2. The summed E-state index contributed by atoms with van der Waals surface area (Å²) in [7, 11) is 0. The molecule has 1 N–H and O–H groups in total. The van der Waals surface area contributed by atoms with Gasteiger partial charge in [0.1, 0.15) is 5.69 Å². The third-order valence-electron chi connectivity index (χ3n) is 4.53.